The van der Waals surface area contributed by atoms with Crippen molar-refractivity contribution >= 4 is 5.96 Å². The van der Waals surface area contributed by atoms with Crippen molar-refractivity contribution in [2.75, 3.05) is 20.1 Å². The van der Waals surface area contributed by atoms with Crippen molar-refractivity contribution in [1.29, 1.82) is 0 Å². The first-order valence-corrected chi connectivity index (χ1v) is 8.22. The summed E-state index contributed by atoms with van der Waals surface area (Å²) in [6.07, 6.45) is 1.42. The van der Waals surface area contributed by atoms with Gasteiger partial charge in [-0.15, -0.1) is 0 Å². The van der Waals surface area contributed by atoms with E-state index < -0.39 is 0 Å². The summed E-state index contributed by atoms with van der Waals surface area (Å²) in [5.41, 5.74) is 0. The van der Waals surface area contributed by atoms with Gasteiger partial charge in [-0.25, -0.2) is 4.39 Å². The Balaban J connectivity index is 1.65. The van der Waals surface area contributed by atoms with E-state index >= 15 is 0 Å². The van der Waals surface area contributed by atoms with Crippen molar-refractivity contribution in [3.63, 3.8) is 0 Å². The molecule has 8 heteroatoms. The van der Waals surface area contributed by atoms with E-state index in [2.05, 4.69) is 25.8 Å². The highest BCUT2D eigenvalue weighted by Crippen LogP contribution is 2.13. The zero-order chi connectivity index (χ0) is 18.1. The smallest absolute Gasteiger partial charge is 0.226 e. The second-order valence-electron chi connectivity index (χ2n) is 5.60. The predicted molar refractivity (Wildman–Crippen MR) is 93.2 cm³/mol. The Morgan fingerprint density at radius 3 is 2.92 bits per heavy atom. The molecule has 0 fully saturated rings. The molecule has 0 aliphatic rings. The maximum Gasteiger partial charge on any atom is 0.226 e. The zero-order valence-electron chi connectivity index (χ0n) is 14.8. The molecule has 2 N–H and O–H groups in total. The van der Waals surface area contributed by atoms with Crippen molar-refractivity contribution in [3.8, 4) is 5.75 Å². The molecule has 2 aromatic rings. The van der Waals surface area contributed by atoms with Crippen LogP contribution in [0.2, 0.25) is 0 Å². The summed E-state index contributed by atoms with van der Waals surface area (Å²) in [6, 6.07) is 6.10. The van der Waals surface area contributed by atoms with Gasteiger partial charge in [0.15, 0.2) is 11.8 Å². The normalized spacial score (nSPS) is 12.7. The molecule has 0 saturated carbocycles. The van der Waals surface area contributed by atoms with E-state index in [4.69, 9.17) is 9.26 Å². The summed E-state index contributed by atoms with van der Waals surface area (Å²) in [4.78, 5) is 8.32. The Kier molecular flexibility index (Phi) is 7.18. The lowest BCUT2D eigenvalue weighted by Crippen LogP contribution is -2.42. The summed E-state index contributed by atoms with van der Waals surface area (Å²) in [5.74, 6) is 2.15. The van der Waals surface area contributed by atoms with E-state index in [1.54, 1.807) is 26.1 Å². The van der Waals surface area contributed by atoms with Crippen molar-refractivity contribution in [3.05, 3.63) is 41.8 Å². The number of ether oxygens (including phenoxy) is 1. The second kappa shape index (κ2) is 9.61. The molecule has 25 heavy (non-hydrogen) atoms. The van der Waals surface area contributed by atoms with Crippen LogP contribution >= 0.6 is 0 Å². The quantitative estimate of drug-likeness (QED) is 0.431. The van der Waals surface area contributed by atoms with E-state index in [-0.39, 0.29) is 11.9 Å². The maximum atomic E-state index is 13.1. The number of halogens is 1. The molecule has 0 radical (unpaired) electrons. The van der Waals surface area contributed by atoms with Gasteiger partial charge in [0.25, 0.3) is 0 Å². The molecule has 0 aliphatic carbocycles. The molecule has 1 unspecified atom stereocenters. The summed E-state index contributed by atoms with van der Waals surface area (Å²) >= 11 is 0. The fourth-order valence-corrected chi connectivity index (χ4v) is 2.16. The fraction of sp³-hybridized carbons (Fsp3) is 0.471. The summed E-state index contributed by atoms with van der Waals surface area (Å²) < 4.78 is 23.9. The van der Waals surface area contributed by atoms with E-state index in [0.717, 1.165) is 13.0 Å². The predicted octanol–water partition coefficient (Wildman–Crippen LogP) is 2.08. The van der Waals surface area contributed by atoms with Crippen molar-refractivity contribution in [2.45, 2.75) is 32.8 Å². The molecule has 1 aromatic heterocycles. The summed E-state index contributed by atoms with van der Waals surface area (Å²) in [6.45, 7) is 4.96. The van der Waals surface area contributed by atoms with Gasteiger partial charge in [-0.3, -0.25) is 4.99 Å². The van der Waals surface area contributed by atoms with Gasteiger partial charge in [0.2, 0.25) is 5.89 Å². The lowest BCUT2D eigenvalue weighted by molar-refractivity contribution is 0.223. The minimum atomic E-state index is -0.313. The summed E-state index contributed by atoms with van der Waals surface area (Å²) in [7, 11) is 1.70. The van der Waals surface area contributed by atoms with Crippen LogP contribution in [0.5, 0.6) is 5.75 Å². The maximum absolute atomic E-state index is 13.1. The fourth-order valence-electron chi connectivity index (χ4n) is 2.16. The largest absolute Gasteiger partial charge is 0.489 e. The molecule has 0 aliphatic heterocycles. The van der Waals surface area contributed by atoms with Gasteiger partial charge in [0.1, 0.15) is 17.7 Å². The molecule has 0 saturated heterocycles. The number of aromatic nitrogens is 2. The van der Waals surface area contributed by atoms with Crippen molar-refractivity contribution in [2.24, 2.45) is 4.99 Å². The highest BCUT2D eigenvalue weighted by atomic mass is 19.1. The van der Waals surface area contributed by atoms with Crippen LogP contribution in [0.1, 0.15) is 25.1 Å². The van der Waals surface area contributed by atoms with Gasteiger partial charge < -0.3 is 19.9 Å². The molecule has 136 valence electrons. The first-order valence-electron chi connectivity index (χ1n) is 8.22. The molecule has 0 bridgehead atoms. The number of nitrogens with one attached hydrogen (secondary N) is 2. The Morgan fingerprint density at radius 2 is 2.24 bits per heavy atom. The second-order valence-corrected chi connectivity index (χ2v) is 5.60. The number of aryl methyl sites for hydroxylation is 2. The minimum absolute atomic E-state index is 0.137. The zero-order valence-corrected chi connectivity index (χ0v) is 14.8. The molecule has 1 atom stereocenters. The number of hydrogen-bond acceptors (Lipinski definition) is 5. The average molecular weight is 349 g/mol. The van der Waals surface area contributed by atoms with Crippen molar-refractivity contribution in [1.82, 2.24) is 20.8 Å². The van der Waals surface area contributed by atoms with E-state index in [9.17, 15) is 4.39 Å². The number of benzene rings is 1. The van der Waals surface area contributed by atoms with Gasteiger partial charge >= 0.3 is 0 Å². The molecule has 0 amide bonds. The van der Waals surface area contributed by atoms with Gasteiger partial charge in [-0.05, 0) is 32.4 Å². The number of rotatable bonds is 8. The van der Waals surface area contributed by atoms with Crippen LogP contribution in [0.3, 0.4) is 0 Å². The van der Waals surface area contributed by atoms with Crippen LogP contribution in [0.4, 0.5) is 4.39 Å². The highest BCUT2D eigenvalue weighted by Gasteiger charge is 2.07. The third-order valence-electron chi connectivity index (χ3n) is 3.34. The standard InChI is InChI=1S/C17H24FN5O2/c1-12(24-15-7-4-6-14(18)10-15)11-21-17(19-3)20-9-5-8-16-22-13(2)23-25-16/h4,6-7,10,12H,5,8-9,11H2,1-3H3,(H2,19,20,21). The van der Waals surface area contributed by atoms with Crippen LogP contribution in [-0.4, -0.2) is 42.3 Å². The van der Waals surface area contributed by atoms with E-state index in [1.165, 1.54) is 12.1 Å². The molecule has 7 nitrogen and oxygen atoms in total. The van der Waals surface area contributed by atoms with E-state index in [1.807, 2.05) is 6.92 Å². The van der Waals surface area contributed by atoms with Crippen LogP contribution in [0.15, 0.2) is 33.8 Å². The van der Waals surface area contributed by atoms with Gasteiger partial charge in [-0.1, -0.05) is 11.2 Å². The lowest BCUT2D eigenvalue weighted by Gasteiger charge is -2.17. The third kappa shape index (κ3) is 6.78. The molecule has 0 spiro atoms. The molecular formula is C17H24FN5O2. The van der Waals surface area contributed by atoms with Crippen LogP contribution < -0.4 is 15.4 Å². The molecule has 1 heterocycles. The average Bonchev–Trinajstić information content (AvgIpc) is 2.99. The number of hydrogen-bond donors (Lipinski definition) is 2. The lowest BCUT2D eigenvalue weighted by atomic mass is 10.3. The Hall–Kier alpha value is -2.64. The Labute approximate surface area is 146 Å². The first kappa shape index (κ1) is 18.7. The van der Waals surface area contributed by atoms with Crippen molar-refractivity contribution < 1.29 is 13.7 Å². The first-order chi connectivity index (χ1) is 12.1. The molecule has 2 rings (SSSR count). The molecular weight excluding hydrogens is 325 g/mol. The Morgan fingerprint density at radius 1 is 1.40 bits per heavy atom. The van der Waals surface area contributed by atoms with E-state index in [0.29, 0.717) is 36.4 Å². The number of nitrogens with zero attached hydrogens (tertiary/aromatic N) is 3. The van der Waals surface area contributed by atoms with Gasteiger partial charge in [0.05, 0.1) is 6.54 Å². The van der Waals surface area contributed by atoms with Crippen LogP contribution in [0, 0.1) is 12.7 Å². The molecule has 1 aromatic carbocycles. The third-order valence-corrected chi connectivity index (χ3v) is 3.34. The summed E-state index contributed by atoms with van der Waals surface area (Å²) in [5, 5.41) is 10.1. The number of guanidine groups is 1. The van der Waals surface area contributed by atoms with Crippen LogP contribution in [0.25, 0.3) is 0 Å². The van der Waals surface area contributed by atoms with Crippen LogP contribution in [-0.2, 0) is 6.42 Å². The highest BCUT2D eigenvalue weighted by molar-refractivity contribution is 5.79. The van der Waals surface area contributed by atoms with Gasteiger partial charge in [0, 0.05) is 26.1 Å². The minimum Gasteiger partial charge on any atom is -0.489 e. The Bertz CT molecular complexity index is 689. The van der Waals surface area contributed by atoms with Gasteiger partial charge in [-0.2, -0.15) is 4.98 Å². The SMILES string of the molecule is CN=C(NCCCc1nc(C)no1)NCC(C)Oc1cccc(F)c1. The topological polar surface area (TPSA) is 84.6 Å². The number of aliphatic imine (C=N–C) groups is 1. The monoisotopic (exact) mass is 349 g/mol.